The average molecular weight is 261 g/mol. The van der Waals surface area contributed by atoms with E-state index in [0.717, 1.165) is 16.5 Å². The molecule has 0 heterocycles. The summed E-state index contributed by atoms with van der Waals surface area (Å²) in [7, 11) is 0. The zero-order valence-electron chi connectivity index (χ0n) is 11.2. The summed E-state index contributed by atoms with van der Waals surface area (Å²) < 4.78 is 0. The van der Waals surface area contributed by atoms with Crippen LogP contribution in [0.5, 0.6) is 0 Å². The van der Waals surface area contributed by atoms with Crippen LogP contribution in [-0.4, -0.2) is 10.9 Å². The van der Waals surface area contributed by atoms with Crippen LogP contribution in [0.4, 0.5) is 0 Å². The first-order valence-electron chi connectivity index (χ1n) is 6.57. The highest BCUT2D eigenvalue weighted by Crippen LogP contribution is 2.24. The lowest BCUT2D eigenvalue weighted by Gasteiger charge is -2.10. The van der Waals surface area contributed by atoms with Gasteiger partial charge in [0, 0.05) is 11.1 Å². The maximum absolute atomic E-state index is 9.45. The van der Waals surface area contributed by atoms with Crippen LogP contribution < -0.4 is 0 Å². The van der Waals surface area contributed by atoms with Gasteiger partial charge in [0.2, 0.25) is 0 Å². The third-order valence-electron chi connectivity index (χ3n) is 3.54. The minimum atomic E-state index is 0.599. The van der Waals surface area contributed by atoms with Crippen LogP contribution in [0.25, 0.3) is 10.8 Å². The van der Waals surface area contributed by atoms with E-state index in [2.05, 4.69) is 30.3 Å². The van der Waals surface area contributed by atoms with Crippen molar-refractivity contribution in [2.45, 2.75) is 6.92 Å². The zero-order chi connectivity index (χ0) is 13.9. The Morgan fingerprint density at radius 1 is 0.800 bits per heavy atom. The second-order valence-corrected chi connectivity index (χ2v) is 4.79. The molecular formula is C18H15NO. The third kappa shape index (κ3) is 2.05. The Labute approximate surface area is 118 Å². The third-order valence-corrected chi connectivity index (χ3v) is 3.54. The summed E-state index contributed by atoms with van der Waals surface area (Å²) in [6.45, 7) is 2.09. The van der Waals surface area contributed by atoms with Crippen molar-refractivity contribution in [2.24, 2.45) is 5.16 Å². The maximum Gasteiger partial charge on any atom is 0.117 e. The first-order valence-corrected chi connectivity index (χ1v) is 6.57. The van der Waals surface area contributed by atoms with E-state index < -0.39 is 0 Å². The van der Waals surface area contributed by atoms with Crippen molar-refractivity contribution in [1.29, 1.82) is 0 Å². The highest BCUT2D eigenvalue weighted by atomic mass is 16.4. The number of fused-ring (bicyclic) bond motifs is 1. The van der Waals surface area contributed by atoms with Gasteiger partial charge in [-0.3, -0.25) is 0 Å². The standard InChI is InChI=1S/C18H15NO/c1-13-11-12-17(16-10-6-5-9-15(13)16)18(19-20)14-7-3-2-4-8-14/h2-12,20H,1H3/b19-18-. The molecule has 0 saturated carbocycles. The molecule has 3 rings (SSSR count). The molecule has 0 radical (unpaired) electrons. The fourth-order valence-electron chi connectivity index (χ4n) is 2.52. The summed E-state index contributed by atoms with van der Waals surface area (Å²) in [6.07, 6.45) is 0. The lowest BCUT2D eigenvalue weighted by Crippen LogP contribution is -2.04. The second kappa shape index (κ2) is 5.17. The quantitative estimate of drug-likeness (QED) is 0.414. The molecule has 0 aliphatic carbocycles. The summed E-state index contributed by atoms with van der Waals surface area (Å²) in [5.41, 5.74) is 3.67. The largest absolute Gasteiger partial charge is 0.410 e. The molecule has 0 atom stereocenters. The highest BCUT2D eigenvalue weighted by Gasteiger charge is 2.11. The molecule has 3 aromatic rings. The monoisotopic (exact) mass is 261 g/mol. The smallest absolute Gasteiger partial charge is 0.117 e. The van der Waals surface area contributed by atoms with Gasteiger partial charge in [-0.25, -0.2) is 0 Å². The molecule has 0 spiro atoms. The molecule has 2 heteroatoms. The van der Waals surface area contributed by atoms with Crippen LogP contribution in [0, 0.1) is 6.92 Å². The van der Waals surface area contributed by atoms with Gasteiger partial charge in [-0.05, 0) is 23.3 Å². The molecule has 1 N–H and O–H groups in total. The van der Waals surface area contributed by atoms with E-state index in [4.69, 9.17) is 0 Å². The van der Waals surface area contributed by atoms with Crippen LogP contribution in [-0.2, 0) is 0 Å². The Hall–Kier alpha value is -2.61. The minimum absolute atomic E-state index is 0.599. The second-order valence-electron chi connectivity index (χ2n) is 4.79. The van der Waals surface area contributed by atoms with E-state index in [9.17, 15) is 5.21 Å². The highest BCUT2D eigenvalue weighted by molar-refractivity contribution is 6.19. The molecule has 0 fully saturated rings. The van der Waals surface area contributed by atoms with E-state index in [1.54, 1.807) is 0 Å². The fraction of sp³-hybridized carbons (Fsp3) is 0.0556. The Morgan fingerprint density at radius 2 is 1.45 bits per heavy atom. The Morgan fingerprint density at radius 3 is 2.15 bits per heavy atom. The van der Waals surface area contributed by atoms with E-state index in [0.29, 0.717) is 5.71 Å². The van der Waals surface area contributed by atoms with Gasteiger partial charge in [-0.2, -0.15) is 0 Å². The Kier molecular flexibility index (Phi) is 3.21. The lowest BCUT2D eigenvalue weighted by atomic mass is 9.94. The van der Waals surface area contributed by atoms with Crippen molar-refractivity contribution in [2.75, 3.05) is 0 Å². The van der Waals surface area contributed by atoms with Crippen LogP contribution >= 0.6 is 0 Å². The molecule has 20 heavy (non-hydrogen) atoms. The van der Waals surface area contributed by atoms with Crippen LogP contribution in [0.3, 0.4) is 0 Å². The first kappa shape index (κ1) is 12.4. The van der Waals surface area contributed by atoms with Crippen LogP contribution in [0.1, 0.15) is 16.7 Å². The van der Waals surface area contributed by atoms with E-state index in [-0.39, 0.29) is 0 Å². The van der Waals surface area contributed by atoms with Crippen LogP contribution in [0.15, 0.2) is 71.9 Å². The number of hydrogen-bond donors (Lipinski definition) is 1. The predicted molar refractivity (Wildman–Crippen MR) is 82.6 cm³/mol. The first-order chi connectivity index (χ1) is 9.81. The molecule has 98 valence electrons. The summed E-state index contributed by atoms with van der Waals surface area (Å²) in [6, 6.07) is 22.0. The molecule has 3 aromatic carbocycles. The van der Waals surface area contributed by atoms with Crippen molar-refractivity contribution in [3.05, 3.63) is 83.4 Å². The van der Waals surface area contributed by atoms with Gasteiger partial charge in [0.1, 0.15) is 5.71 Å². The van der Waals surface area contributed by atoms with Gasteiger partial charge in [0.05, 0.1) is 0 Å². The normalized spacial score (nSPS) is 11.8. The Bertz CT molecular complexity index is 776. The SMILES string of the molecule is Cc1ccc(/C(=N\O)c2ccccc2)c2ccccc12. The molecule has 0 bridgehead atoms. The van der Waals surface area contributed by atoms with Crippen LogP contribution in [0.2, 0.25) is 0 Å². The molecule has 0 aliphatic rings. The molecule has 0 aromatic heterocycles. The summed E-state index contributed by atoms with van der Waals surface area (Å²) >= 11 is 0. The number of benzene rings is 3. The molecule has 0 amide bonds. The molecule has 0 saturated heterocycles. The summed E-state index contributed by atoms with van der Waals surface area (Å²) in [5.74, 6) is 0. The van der Waals surface area contributed by atoms with Gasteiger partial charge in [-0.15, -0.1) is 0 Å². The number of nitrogens with zero attached hydrogens (tertiary/aromatic N) is 1. The van der Waals surface area contributed by atoms with Crippen molar-refractivity contribution in [3.63, 3.8) is 0 Å². The molecular weight excluding hydrogens is 246 g/mol. The minimum Gasteiger partial charge on any atom is -0.410 e. The number of hydrogen-bond acceptors (Lipinski definition) is 2. The van der Waals surface area contributed by atoms with Crippen molar-refractivity contribution < 1.29 is 5.21 Å². The average Bonchev–Trinajstić information content (AvgIpc) is 2.52. The van der Waals surface area contributed by atoms with Crippen molar-refractivity contribution in [3.8, 4) is 0 Å². The van der Waals surface area contributed by atoms with Gasteiger partial charge in [0.25, 0.3) is 0 Å². The molecule has 0 aliphatic heterocycles. The van der Waals surface area contributed by atoms with E-state index >= 15 is 0 Å². The van der Waals surface area contributed by atoms with Gasteiger partial charge < -0.3 is 5.21 Å². The molecule has 0 unspecified atom stereocenters. The lowest BCUT2D eigenvalue weighted by molar-refractivity contribution is 0.319. The zero-order valence-corrected chi connectivity index (χ0v) is 11.2. The maximum atomic E-state index is 9.45. The van der Waals surface area contributed by atoms with E-state index in [1.165, 1.54) is 10.9 Å². The number of rotatable bonds is 2. The predicted octanol–water partition coefficient (Wildman–Crippen LogP) is 4.37. The van der Waals surface area contributed by atoms with Gasteiger partial charge in [0.15, 0.2) is 0 Å². The Balaban J connectivity index is 2.27. The summed E-state index contributed by atoms with van der Waals surface area (Å²) in [4.78, 5) is 0. The van der Waals surface area contributed by atoms with Gasteiger partial charge >= 0.3 is 0 Å². The molecule has 2 nitrogen and oxygen atoms in total. The fourth-order valence-corrected chi connectivity index (χ4v) is 2.52. The summed E-state index contributed by atoms with van der Waals surface area (Å²) in [5, 5.41) is 15.3. The topological polar surface area (TPSA) is 32.6 Å². The van der Waals surface area contributed by atoms with E-state index in [1.807, 2.05) is 48.5 Å². The van der Waals surface area contributed by atoms with Crippen molar-refractivity contribution >= 4 is 16.5 Å². The van der Waals surface area contributed by atoms with Gasteiger partial charge in [-0.1, -0.05) is 71.9 Å². The van der Waals surface area contributed by atoms with Crippen molar-refractivity contribution in [1.82, 2.24) is 0 Å². The number of aryl methyl sites for hydroxylation is 1. The number of oxime groups is 1.